The van der Waals surface area contributed by atoms with E-state index in [0.29, 0.717) is 17.4 Å². The third-order valence-corrected chi connectivity index (χ3v) is 9.09. The molecule has 280 valence electrons. The number of rotatable bonds is 11. The molecule has 0 saturated carbocycles. The highest BCUT2D eigenvalue weighted by Gasteiger charge is 2.39. The van der Waals surface area contributed by atoms with E-state index in [1.54, 1.807) is 36.4 Å². The highest BCUT2D eigenvalue weighted by molar-refractivity contribution is 6.36. The number of carbonyl (C=O) groups is 8. The fourth-order valence-corrected chi connectivity index (χ4v) is 6.29. The molecule has 14 heteroatoms. The van der Waals surface area contributed by atoms with Gasteiger partial charge in [0.05, 0.1) is 69.6 Å². The van der Waals surface area contributed by atoms with Gasteiger partial charge in [-0.1, -0.05) is 19.1 Å². The molecule has 0 radical (unpaired) electrons. The van der Waals surface area contributed by atoms with E-state index in [-0.39, 0.29) is 70.1 Å². The average molecular weight is 755 g/mol. The van der Waals surface area contributed by atoms with Crippen molar-refractivity contribution in [2.45, 2.75) is 13.3 Å². The summed E-state index contributed by atoms with van der Waals surface area (Å²) in [7, 11) is 1.29. The lowest BCUT2D eigenvalue weighted by Crippen LogP contribution is -2.30. The minimum absolute atomic E-state index is 0.0123. The molecule has 0 unspecified atom stereocenters. The minimum atomic E-state index is -0.815. The predicted molar refractivity (Wildman–Crippen MR) is 198 cm³/mol. The van der Waals surface area contributed by atoms with E-state index in [1.807, 2.05) is 6.92 Å². The molecule has 2 heterocycles. The molecule has 0 spiro atoms. The molecule has 14 nitrogen and oxygen atoms in total. The Morgan fingerprint density at radius 1 is 0.446 bits per heavy atom. The summed E-state index contributed by atoms with van der Waals surface area (Å²) < 4.78 is 20.4. The lowest BCUT2D eigenvalue weighted by molar-refractivity contribution is 0.0265. The number of hydrogen-bond donors (Lipinski definition) is 0. The molecule has 56 heavy (non-hydrogen) atoms. The number of fused-ring (bicyclic) bond motifs is 3. The van der Waals surface area contributed by atoms with E-state index >= 15 is 0 Å². The van der Waals surface area contributed by atoms with Gasteiger partial charge in [-0.3, -0.25) is 19.2 Å². The molecule has 0 bridgehead atoms. The zero-order valence-corrected chi connectivity index (χ0v) is 29.9. The predicted octanol–water partition coefficient (Wildman–Crippen LogP) is 5.81. The van der Waals surface area contributed by atoms with Gasteiger partial charge < -0.3 is 18.9 Å². The Labute approximate surface area is 318 Å². The van der Waals surface area contributed by atoms with Crippen molar-refractivity contribution in [1.82, 2.24) is 0 Å². The molecule has 2 aliphatic heterocycles. The molecule has 4 amide bonds. The van der Waals surface area contributed by atoms with Crippen LogP contribution in [0.5, 0.6) is 0 Å². The number of imide groups is 2. The highest BCUT2D eigenvalue weighted by atomic mass is 16.6. The van der Waals surface area contributed by atoms with Crippen molar-refractivity contribution in [3.63, 3.8) is 0 Å². The average Bonchev–Trinajstić information content (AvgIpc) is 3.63. The smallest absolute Gasteiger partial charge is 0.338 e. The van der Waals surface area contributed by atoms with Gasteiger partial charge in [-0.15, -0.1) is 0 Å². The summed E-state index contributed by atoms with van der Waals surface area (Å²) in [4.78, 5) is 105. The van der Waals surface area contributed by atoms with Crippen molar-refractivity contribution in [3.8, 4) is 0 Å². The first-order chi connectivity index (χ1) is 27.0. The van der Waals surface area contributed by atoms with Crippen molar-refractivity contribution < 1.29 is 57.3 Å². The van der Waals surface area contributed by atoms with Crippen LogP contribution in [0.25, 0.3) is 10.8 Å². The number of esters is 4. The molecule has 0 saturated heterocycles. The summed E-state index contributed by atoms with van der Waals surface area (Å²) in [5.74, 6) is -5.17. The summed E-state index contributed by atoms with van der Waals surface area (Å²) in [6.07, 6.45) is 0.621. The third-order valence-electron chi connectivity index (χ3n) is 9.09. The van der Waals surface area contributed by atoms with Crippen LogP contribution in [-0.4, -0.2) is 74.4 Å². The number of amides is 4. The Balaban J connectivity index is 0.962. The Morgan fingerprint density at radius 3 is 1.21 bits per heavy atom. The second-order valence-corrected chi connectivity index (χ2v) is 12.6. The van der Waals surface area contributed by atoms with Gasteiger partial charge >= 0.3 is 23.9 Å². The van der Waals surface area contributed by atoms with Crippen LogP contribution >= 0.6 is 0 Å². The van der Waals surface area contributed by atoms with Crippen molar-refractivity contribution in [2.75, 3.05) is 36.7 Å². The first kappa shape index (κ1) is 36.9. The Bertz CT molecular complexity index is 2520. The first-order valence-corrected chi connectivity index (χ1v) is 17.3. The molecular formula is C42H30N2O12. The SMILES string of the molecule is CCCOC(=O)c1ccc2c(c1)C(=O)N(c1ccc(N3C(=O)c4ccc(C(=O)OCCOC(=O)c5ccc6cc(C(=O)OC)ccc6c5)cc4C3=O)cc1)C2=O. The second-order valence-electron chi connectivity index (χ2n) is 12.6. The van der Waals surface area contributed by atoms with Gasteiger partial charge in [0.15, 0.2) is 0 Å². The summed E-state index contributed by atoms with van der Waals surface area (Å²) >= 11 is 0. The van der Waals surface area contributed by atoms with E-state index in [0.717, 1.165) is 15.2 Å². The molecule has 0 N–H and O–H groups in total. The van der Waals surface area contributed by atoms with Crippen LogP contribution in [0.4, 0.5) is 11.4 Å². The molecule has 0 aliphatic carbocycles. The maximum absolute atomic E-state index is 13.5. The molecule has 7 rings (SSSR count). The molecule has 2 aliphatic rings. The summed E-state index contributed by atoms with van der Waals surface area (Å²) in [6, 6.07) is 23.4. The van der Waals surface area contributed by atoms with Gasteiger partial charge in [0.1, 0.15) is 13.2 Å². The van der Waals surface area contributed by atoms with Gasteiger partial charge in [-0.25, -0.2) is 29.0 Å². The normalized spacial score (nSPS) is 13.1. The van der Waals surface area contributed by atoms with Crippen LogP contribution in [0.2, 0.25) is 0 Å². The molecule has 5 aromatic rings. The van der Waals surface area contributed by atoms with Crippen LogP contribution in [0, 0.1) is 0 Å². The van der Waals surface area contributed by atoms with Crippen LogP contribution in [0.15, 0.2) is 97.1 Å². The Morgan fingerprint density at radius 2 is 0.804 bits per heavy atom. The van der Waals surface area contributed by atoms with Crippen molar-refractivity contribution in [1.29, 1.82) is 0 Å². The maximum atomic E-state index is 13.5. The number of carbonyl (C=O) groups excluding carboxylic acids is 8. The topological polar surface area (TPSA) is 180 Å². The van der Waals surface area contributed by atoms with Gasteiger partial charge in [0.2, 0.25) is 0 Å². The zero-order valence-electron chi connectivity index (χ0n) is 29.9. The minimum Gasteiger partial charge on any atom is -0.465 e. The van der Waals surface area contributed by atoms with Crippen molar-refractivity contribution in [3.05, 3.63) is 142 Å². The van der Waals surface area contributed by atoms with Gasteiger partial charge in [-0.05, 0) is 102 Å². The first-order valence-electron chi connectivity index (χ1n) is 17.3. The van der Waals surface area contributed by atoms with Crippen LogP contribution in [-0.2, 0) is 18.9 Å². The van der Waals surface area contributed by atoms with E-state index in [2.05, 4.69) is 0 Å². The van der Waals surface area contributed by atoms with Gasteiger partial charge in [-0.2, -0.15) is 0 Å². The third kappa shape index (κ3) is 6.75. The van der Waals surface area contributed by atoms with E-state index in [9.17, 15) is 38.4 Å². The largest absolute Gasteiger partial charge is 0.465 e. The number of ether oxygens (including phenoxy) is 4. The monoisotopic (exact) mass is 754 g/mol. The van der Waals surface area contributed by atoms with Crippen molar-refractivity contribution >= 4 is 69.7 Å². The second kappa shape index (κ2) is 15.1. The number of anilines is 2. The quantitative estimate of drug-likeness (QED) is 0.0685. The van der Waals surface area contributed by atoms with Gasteiger partial charge in [0.25, 0.3) is 23.6 Å². The zero-order chi connectivity index (χ0) is 39.7. The number of methoxy groups -OCH3 is 1. The molecule has 0 atom stereocenters. The van der Waals surface area contributed by atoms with Crippen molar-refractivity contribution in [2.24, 2.45) is 0 Å². The molecule has 5 aromatic carbocycles. The van der Waals surface area contributed by atoms with E-state index in [4.69, 9.17) is 18.9 Å². The number of hydrogen-bond acceptors (Lipinski definition) is 12. The summed E-state index contributed by atoms with van der Waals surface area (Å²) in [5, 5.41) is 1.42. The Kier molecular flexibility index (Phi) is 9.94. The lowest BCUT2D eigenvalue weighted by Gasteiger charge is -2.17. The van der Waals surface area contributed by atoms with Crippen LogP contribution in [0.3, 0.4) is 0 Å². The maximum Gasteiger partial charge on any atom is 0.338 e. The fraction of sp³-hybridized carbons (Fsp3) is 0.143. The number of nitrogens with zero attached hydrogens (tertiary/aromatic N) is 2. The Hall–Kier alpha value is -7.48. The van der Waals surface area contributed by atoms with Crippen LogP contribution < -0.4 is 9.80 Å². The standard InChI is InChI=1S/C42H30N2O12/c1-3-16-54-41(51)27-8-14-31-33(21-27)37(47)43(35(31)45)29-10-12-30(13-11-29)44-36(46)32-15-9-28(22-34(32)38(44)48)42(52)56-18-17-55-40(50)26-7-5-23-19-25(39(49)53-2)6-4-24(23)20-26/h4-15,19-22H,3,16-18H2,1-2H3. The van der Waals surface area contributed by atoms with E-state index in [1.165, 1.54) is 67.8 Å². The highest BCUT2D eigenvalue weighted by Crippen LogP contribution is 2.34. The van der Waals surface area contributed by atoms with Crippen LogP contribution in [0.1, 0.15) is 96.2 Å². The van der Waals surface area contributed by atoms with E-state index < -0.39 is 47.5 Å². The summed E-state index contributed by atoms with van der Waals surface area (Å²) in [5.41, 5.74) is 1.24. The van der Waals surface area contributed by atoms with Gasteiger partial charge in [0, 0.05) is 0 Å². The summed E-state index contributed by atoms with van der Waals surface area (Å²) in [6.45, 7) is 1.51. The molecule has 0 fully saturated rings. The molecule has 0 aromatic heterocycles. The lowest BCUT2D eigenvalue weighted by atomic mass is 10.0. The molecular weight excluding hydrogens is 724 g/mol. The number of benzene rings is 5. The fourth-order valence-electron chi connectivity index (χ4n) is 6.29.